The lowest BCUT2D eigenvalue weighted by atomic mass is 9.96. The Kier molecular flexibility index (Phi) is 7.16. The third kappa shape index (κ3) is 5.34. The van der Waals surface area contributed by atoms with Gasteiger partial charge >= 0.3 is 0 Å². The van der Waals surface area contributed by atoms with Gasteiger partial charge in [0, 0.05) is 17.5 Å². The maximum atomic E-state index is 5.96. The summed E-state index contributed by atoms with van der Waals surface area (Å²) in [5, 5.41) is 0.720. The average Bonchev–Trinajstić information content (AvgIpc) is 3.16. The van der Waals surface area contributed by atoms with Crippen molar-refractivity contribution in [3.05, 3.63) is 94.8 Å². The van der Waals surface area contributed by atoms with Crippen LogP contribution in [0.5, 0.6) is 5.75 Å². The molecule has 4 aromatic rings. The largest absolute Gasteiger partial charge is 0.494 e. The van der Waals surface area contributed by atoms with E-state index in [1.165, 1.54) is 16.6 Å². The van der Waals surface area contributed by atoms with E-state index in [1.807, 2.05) is 24.3 Å². The minimum absolute atomic E-state index is 0.215. The Morgan fingerprint density at radius 2 is 1.62 bits per heavy atom. The zero-order valence-corrected chi connectivity index (χ0v) is 19.8. The van der Waals surface area contributed by atoms with E-state index < -0.39 is 0 Å². The number of nitrogens with zero attached hydrogens (tertiary/aromatic N) is 2. The highest BCUT2D eigenvalue weighted by Crippen LogP contribution is 2.28. The molecule has 4 rings (SSSR count). The molecule has 166 valence electrons. The standard InChI is InChI=1S/C28H31ClN2O/c1-20(2)19-22-9-11-23(12-10-22)21(3)28-30-26-7-4-5-8-27(26)31(28)17-6-18-32-25-15-13-24(29)14-16-25/h4-5,7-16,20-21H,6,17-19H2,1-3H3. The van der Waals surface area contributed by atoms with Gasteiger partial charge in [-0.25, -0.2) is 4.98 Å². The molecule has 0 aliphatic rings. The number of halogens is 1. The second kappa shape index (κ2) is 10.2. The minimum Gasteiger partial charge on any atom is -0.494 e. The summed E-state index contributed by atoms with van der Waals surface area (Å²) >= 11 is 5.96. The molecule has 1 aromatic heterocycles. The summed E-state index contributed by atoms with van der Waals surface area (Å²) in [5.74, 6) is 2.83. The fraction of sp³-hybridized carbons (Fsp3) is 0.321. The predicted octanol–water partition coefficient (Wildman–Crippen LogP) is 7.51. The highest BCUT2D eigenvalue weighted by molar-refractivity contribution is 6.30. The minimum atomic E-state index is 0.215. The number of hydrogen-bond acceptors (Lipinski definition) is 2. The first-order valence-corrected chi connectivity index (χ1v) is 11.8. The summed E-state index contributed by atoms with van der Waals surface area (Å²) in [5.41, 5.74) is 4.91. The smallest absolute Gasteiger partial charge is 0.119 e. The first kappa shape index (κ1) is 22.4. The number of para-hydroxylation sites is 2. The molecule has 0 saturated carbocycles. The summed E-state index contributed by atoms with van der Waals surface area (Å²) < 4.78 is 8.26. The molecule has 0 spiro atoms. The van der Waals surface area contributed by atoms with Crippen molar-refractivity contribution in [3.63, 3.8) is 0 Å². The molecule has 0 bridgehead atoms. The number of aryl methyl sites for hydroxylation is 1. The molecule has 4 heteroatoms. The maximum Gasteiger partial charge on any atom is 0.119 e. The molecule has 1 unspecified atom stereocenters. The quantitative estimate of drug-likeness (QED) is 0.249. The van der Waals surface area contributed by atoms with Crippen molar-refractivity contribution in [2.45, 2.75) is 46.1 Å². The molecule has 0 aliphatic carbocycles. The van der Waals surface area contributed by atoms with Crippen LogP contribution in [0.3, 0.4) is 0 Å². The van der Waals surface area contributed by atoms with Crippen LogP contribution in [0, 0.1) is 5.92 Å². The molecule has 0 amide bonds. The Balaban J connectivity index is 1.51. The van der Waals surface area contributed by atoms with Crippen LogP contribution in [0.25, 0.3) is 11.0 Å². The number of rotatable bonds is 9. The Morgan fingerprint density at radius 1 is 0.906 bits per heavy atom. The second-order valence-electron chi connectivity index (χ2n) is 8.83. The van der Waals surface area contributed by atoms with Gasteiger partial charge in [0.2, 0.25) is 0 Å². The van der Waals surface area contributed by atoms with Gasteiger partial charge < -0.3 is 9.30 Å². The van der Waals surface area contributed by atoms with Crippen LogP contribution in [0.2, 0.25) is 5.02 Å². The summed E-state index contributed by atoms with van der Waals surface area (Å²) in [6.07, 6.45) is 2.01. The van der Waals surface area contributed by atoms with Crippen LogP contribution >= 0.6 is 11.6 Å². The van der Waals surface area contributed by atoms with E-state index in [-0.39, 0.29) is 5.92 Å². The van der Waals surface area contributed by atoms with Crippen molar-refractivity contribution in [1.29, 1.82) is 0 Å². The molecule has 0 radical (unpaired) electrons. The number of fused-ring (bicyclic) bond motifs is 1. The molecule has 3 nitrogen and oxygen atoms in total. The van der Waals surface area contributed by atoms with Crippen molar-refractivity contribution in [1.82, 2.24) is 9.55 Å². The highest BCUT2D eigenvalue weighted by atomic mass is 35.5. The Hall–Kier alpha value is -2.78. The zero-order valence-electron chi connectivity index (χ0n) is 19.1. The topological polar surface area (TPSA) is 27.1 Å². The SMILES string of the molecule is CC(C)Cc1ccc(C(C)c2nc3ccccc3n2CCCOc2ccc(Cl)cc2)cc1. The molecule has 1 atom stereocenters. The van der Waals surface area contributed by atoms with E-state index in [0.29, 0.717) is 12.5 Å². The third-order valence-electron chi connectivity index (χ3n) is 5.80. The number of imidazole rings is 1. The fourth-order valence-electron chi connectivity index (χ4n) is 4.17. The Morgan fingerprint density at radius 3 is 2.34 bits per heavy atom. The summed E-state index contributed by atoms with van der Waals surface area (Å²) in [6, 6.07) is 25.0. The van der Waals surface area contributed by atoms with Crippen LogP contribution in [-0.2, 0) is 13.0 Å². The predicted molar refractivity (Wildman–Crippen MR) is 134 cm³/mol. The van der Waals surface area contributed by atoms with Gasteiger partial charge in [-0.3, -0.25) is 0 Å². The van der Waals surface area contributed by atoms with Gasteiger partial charge in [-0.2, -0.15) is 0 Å². The van der Waals surface area contributed by atoms with Crippen LogP contribution in [0.15, 0.2) is 72.8 Å². The lowest BCUT2D eigenvalue weighted by molar-refractivity contribution is 0.301. The van der Waals surface area contributed by atoms with E-state index in [1.54, 1.807) is 0 Å². The van der Waals surface area contributed by atoms with Crippen molar-refractivity contribution in [2.75, 3.05) is 6.61 Å². The van der Waals surface area contributed by atoms with E-state index in [9.17, 15) is 0 Å². The first-order chi connectivity index (χ1) is 15.5. The van der Waals surface area contributed by atoms with Crippen LogP contribution in [-0.4, -0.2) is 16.2 Å². The molecule has 0 aliphatic heterocycles. The first-order valence-electron chi connectivity index (χ1n) is 11.4. The normalized spacial score (nSPS) is 12.4. The average molecular weight is 447 g/mol. The van der Waals surface area contributed by atoms with Gasteiger partial charge in [0.1, 0.15) is 11.6 Å². The fourth-order valence-corrected chi connectivity index (χ4v) is 4.29. The molecule has 32 heavy (non-hydrogen) atoms. The molecule has 0 saturated heterocycles. The second-order valence-corrected chi connectivity index (χ2v) is 9.26. The summed E-state index contributed by atoms with van der Waals surface area (Å²) in [7, 11) is 0. The van der Waals surface area contributed by atoms with Crippen molar-refractivity contribution in [3.8, 4) is 5.75 Å². The van der Waals surface area contributed by atoms with Crippen LogP contribution in [0.1, 0.15) is 50.1 Å². The van der Waals surface area contributed by atoms with Crippen LogP contribution < -0.4 is 4.74 Å². The number of ether oxygens (including phenoxy) is 1. The van der Waals surface area contributed by atoms with Gasteiger partial charge in [-0.15, -0.1) is 0 Å². The van der Waals surface area contributed by atoms with Crippen molar-refractivity contribution in [2.24, 2.45) is 5.92 Å². The van der Waals surface area contributed by atoms with Gasteiger partial charge in [-0.05, 0) is 66.3 Å². The lowest BCUT2D eigenvalue weighted by Crippen LogP contribution is -2.11. The van der Waals surface area contributed by atoms with E-state index in [0.717, 1.165) is 41.5 Å². The summed E-state index contributed by atoms with van der Waals surface area (Å²) in [4.78, 5) is 5.01. The lowest BCUT2D eigenvalue weighted by Gasteiger charge is -2.16. The Labute approximate surface area is 196 Å². The molecule has 1 heterocycles. The third-order valence-corrected chi connectivity index (χ3v) is 6.06. The van der Waals surface area contributed by atoms with Crippen LogP contribution in [0.4, 0.5) is 0 Å². The molecule has 0 N–H and O–H groups in total. The van der Waals surface area contributed by atoms with Crippen molar-refractivity contribution >= 4 is 22.6 Å². The van der Waals surface area contributed by atoms with Gasteiger partial charge in [0.15, 0.2) is 0 Å². The molecular weight excluding hydrogens is 416 g/mol. The van der Waals surface area contributed by atoms with Crippen molar-refractivity contribution < 1.29 is 4.74 Å². The number of aromatic nitrogens is 2. The van der Waals surface area contributed by atoms with Gasteiger partial charge in [0.05, 0.1) is 17.6 Å². The molecule has 0 fully saturated rings. The summed E-state index contributed by atoms with van der Waals surface area (Å²) in [6.45, 7) is 8.27. The molecular formula is C28H31ClN2O. The van der Waals surface area contributed by atoms with Gasteiger partial charge in [-0.1, -0.05) is 68.8 Å². The number of benzene rings is 3. The monoisotopic (exact) mass is 446 g/mol. The molecule has 3 aromatic carbocycles. The maximum absolute atomic E-state index is 5.96. The number of hydrogen-bond donors (Lipinski definition) is 0. The highest BCUT2D eigenvalue weighted by Gasteiger charge is 2.18. The zero-order chi connectivity index (χ0) is 22.5. The Bertz CT molecular complexity index is 1150. The van der Waals surface area contributed by atoms with E-state index >= 15 is 0 Å². The van der Waals surface area contributed by atoms with E-state index in [4.69, 9.17) is 21.3 Å². The van der Waals surface area contributed by atoms with E-state index in [2.05, 4.69) is 73.9 Å². The van der Waals surface area contributed by atoms with Gasteiger partial charge in [0.25, 0.3) is 0 Å².